The molecule has 0 bridgehead atoms. The second-order valence-electron chi connectivity index (χ2n) is 13.6. The van der Waals surface area contributed by atoms with E-state index in [1.807, 2.05) is 24.3 Å². The minimum absolute atomic E-state index is 0. The standard InChI is InChI=1S/C27H31NO.C24H23ClO2.CH4/c1-4-11-26(22-12-7-5-8-13-22)27(23-14-9-6-10-15-23)24-16-18-25(19-17-24)29-21-20-28(2)3;25-16-15-23(19-7-3-1-4-8-19)24(20-9-5-2-6-10-20)21-11-13-22(14-12-21)27-18-17-26;/h5-10,12-19H,4,11,20-21H2,1-3H3;1-14,26H,15-18H2;1H4/b27-26-;24-23-;. The monoisotopic (exact) mass is 779 g/mol. The number of aliphatic hydroxyl groups is 1. The van der Waals surface area contributed by atoms with E-state index in [1.54, 1.807) is 0 Å². The summed E-state index contributed by atoms with van der Waals surface area (Å²) in [5.74, 6) is 2.22. The van der Waals surface area contributed by atoms with Crippen molar-refractivity contribution >= 4 is 33.9 Å². The number of likely N-dealkylation sites (N-methyl/N-ethyl adjacent to an activating group) is 1. The molecule has 0 heterocycles. The largest absolute Gasteiger partial charge is 0.492 e. The summed E-state index contributed by atoms with van der Waals surface area (Å²) in [5, 5.41) is 8.93. The summed E-state index contributed by atoms with van der Waals surface area (Å²) in [6.07, 6.45) is 2.92. The van der Waals surface area contributed by atoms with E-state index >= 15 is 0 Å². The molecular weight excluding hydrogens is 722 g/mol. The molecule has 57 heavy (non-hydrogen) atoms. The van der Waals surface area contributed by atoms with Crippen molar-refractivity contribution in [1.29, 1.82) is 0 Å². The molecule has 0 saturated heterocycles. The summed E-state index contributed by atoms with van der Waals surface area (Å²) in [4.78, 5) is 2.13. The first-order valence-electron chi connectivity index (χ1n) is 19.5. The lowest BCUT2D eigenvalue weighted by Gasteiger charge is -2.18. The van der Waals surface area contributed by atoms with Gasteiger partial charge in [0.2, 0.25) is 0 Å². The van der Waals surface area contributed by atoms with Crippen molar-refractivity contribution in [1.82, 2.24) is 4.90 Å². The van der Waals surface area contributed by atoms with E-state index in [2.05, 4.69) is 172 Å². The van der Waals surface area contributed by atoms with Crippen LogP contribution in [0.4, 0.5) is 0 Å². The molecule has 5 heteroatoms. The number of hydrogen-bond acceptors (Lipinski definition) is 4. The lowest BCUT2D eigenvalue weighted by atomic mass is 9.87. The third kappa shape index (κ3) is 13.4. The smallest absolute Gasteiger partial charge is 0.119 e. The molecule has 4 nitrogen and oxygen atoms in total. The van der Waals surface area contributed by atoms with Gasteiger partial charge in [-0.2, -0.15) is 0 Å². The van der Waals surface area contributed by atoms with Gasteiger partial charge in [0.1, 0.15) is 24.7 Å². The molecule has 0 aliphatic rings. The molecule has 0 radical (unpaired) electrons. The van der Waals surface area contributed by atoms with Gasteiger partial charge in [0.25, 0.3) is 0 Å². The predicted molar refractivity (Wildman–Crippen MR) is 244 cm³/mol. The highest BCUT2D eigenvalue weighted by Gasteiger charge is 2.15. The number of alkyl halides is 1. The number of halogens is 1. The fourth-order valence-corrected chi connectivity index (χ4v) is 6.82. The topological polar surface area (TPSA) is 41.9 Å². The summed E-state index contributed by atoms with van der Waals surface area (Å²) in [6, 6.07) is 58.8. The SMILES string of the molecule is C.CCC/C(=C(\c1ccccc1)c1ccc(OCCN(C)C)cc1)c1ccccc1.OCCOc1ccc(/C(=C(/CCCl)c2ccccc2)c2ccccc2)cc1. The number of nitrogens with zero attached hydrogens (tertiary/aromatic N) is 1. The van der Waals surface area contributed by atoms with E-state index in [0.29, 0.717) is 19.1 Å². The average molecular weight is 780 g/mol. The summed E-state index contributed by atoms with van der Waals surface area (Å²) < 4.78 is 11.4. The van der Waals surface area contributed by atoms with Crippen molar-refractivity contribution in [3.8, 4) is 11.5 Å². The highest BCUT2D eigenvalue weighted by Crippen LogP contribution is 2.37. The van der Waals surface area contributed by atoms with Crippen LogP contribution in [0.15, 0.2) is 170 Å². The summed E-state index contributed by atoms with van der Waals surface area (Å²) >= 11 is 6.17. The van der Waals surface area contributed by atoms with E-state index in [-0.39, 0.29) is 14.0 Å². The van der Waals surface area contributed by atoms with Crippen molar-refractivity contribution in [2.24, 2.45) is 0 Å². The Morgan fingerprint density at radius 1 is 0.491 bits per heavy atom. The third-order valence-electron chi connectivity index (χ3n) is 9.27. The molecule has 1 N–H and O–H groups in total. The molecular formula is C52H58ClNO3. The zero-order valence-electron chi connectivity index (χ0n) is 32.9. The summed E-state index contributed by atoms with van der Waals surface area (Å²) in [7, 11) is 4.12. The van der Waals surface area contributed by atoms with Gasteiger partial charge in [0.05, 0.1) is 6.61 Å². The van der Waals surface area contributed by atoms with Crippen molar-refractivity contribution in [3.05, 3.63) is 203 Å². The Morgan fingerprint density at radius 2 is 0.842 bits per heavy atom. The predicted octanol–water partition coefficient (Wildman–Crippen LogP) is 12.7. The van der Waals surface area contributed by atoms with Crippen molar-refractivity contribution in [2.75, 3.05) is 46.3 Å². The van der Waals surface area contributed by atoms with Crippen molar-refractivity contribution < 1.29 is 14.6 Å². The van der Waals surface area contributed by atoms with Gasteiger partial charge in [0, 0.05) is 12.4 Å². The van der Waals surface area contributed by atoms with Gasteiger partial charge in [-0.15, -0.1) is 11.6 Å². The maximum Gasteiger partial charge on any atom is 0.119 e. The lowest BCUT2D eigenvalue weighted by Crippen LogP contribution is -2.19. The Morgan fingerprint density at radius 3 is 1.19 bits per heavy atom. The number of benzene rings is 6. The van der Waals surface area contributed by atoms with E-state index in [4.69, 9.17) is 26.2 Å². The van der Waals surface area contributed by atoms with Gasteiger partial charge in [-0.25, -0.2) is 0 Å². The molecule has 0 atom stereocenters. The Kier molecular flexibility index (Phi) is 18.9. The number of allylic oxidation sites excluding steroid dienone is 2. The number of hydrogen-bond donors (Lipinski definition) is 1. The fraction of sp³-hybridized carbons (Fsp3) is 0.231. The molecule has 6 rings (SSSR count). The quantitative estimate of drug-likeness (QED) is 0.0739. The van der Waals surface area contributed by atoms with Crippen molar-refractivity contribution in [3.63, 3.8) is 0 Å². The molecule has 0 unspecified atom stereocenters. The van der Waals surface area contributed by atoms with Gasteiger partial charge >= 0.3 is 0 Å². The fourth-order valence-electron chi connectivity index (χ4n) is 6.64. The van der Waals surface area contributed by atoms with Crippen LogP contribution < -0.4 is 9.47 Å². The Hall–Kier alpha value is -5.39. The minimum Gasteiger partial charge on any atom is -0.492 e. The molecule has 0 spiro atoms. The number of ether oxygens (including phenoxy) is 2. The Balaban J connectivity index is 0.000000249. The highest BCUT2D eigenvalue weighted by molar-refractivity contribution is 6.18. The van der Waals surface area contributed by atoms with E-state index in [9.17, 15) is 0 Å². The van der Waals surface area contributed by atoms with Gasteiger partial charge in [-0.1, -0.05) is 166 Å². The maximum absolute atomic E-state index is 8.93. The minimum atomic E-state index is 0. The van der Waals surface area contributed by atoms with Crippen LogP contribution in [0, 0.1) is 0 Å². The van der Waals surface area contributed by atoms with Crippen molar-refractivity contribution in [2.45, 2.75) is 33.6 Å². The second kappa shape index (κ2) is 24.3. The molecule has 0 saturated carbocycles. The molecule has 6 aromatic carbocycles. The first kappa shape index (κ1) is 44.3. The normalized spacial score (nSPS) is 11.7. The van der Waals surface area contributed by atoms with E-state index in [1.165, 1.54) is 44.5 Å². The van der Waals surface area contributed by atoms with Crippen LogP contribution in [-0.4, -0.2) is 56.3 Å². The van der Waals surface area contributed by atoms with Crippen LogP contribution >= 0.6 is 11.6 Å². The molecule has 0 amide bonds. The Labute approximate surface area is 346 Å². The second-order valence-corrected chi connectivity index (χ2v) is 14.0. The van der Waals surface area contributed by atoms with Crippen LogP contribution in [0.3, 0.4) is 0 Å². The molecule has 0 aliphatic heterocycles. The van der Waals surface area contributed by atoms with Crippen LogP contribution in [0.1, 0.15) is 67.0 Å². The van der Waals surface area contributed by atoms with E-state index < -0.39 is 0 Å². The zero-order chi connectivity index (χ0) is 39.4. The zero-order valence-corrected chi connectivity index (χ0v) is 33.7. The van der Waals surface area contributed by atoms with E-state index in [0.717, 1.165) is 48.4 Å². The Bertz CT molecular complexity index is 2060. The highest BCUT2D eigenvalue weighted by atomic mass is 35.5. The molecule has 0 aliphatic carbocycles. The first-order chi connectivity index (χ1) is 27.5. The summed E-state index contributed by atoms with van der Waals surface area (Å²) in [6.45, 7) is 4.14. The average Bonchev–Trinajstić information content (AvgIpc) is 3.25. The molecule has 0 fully saturated rings. The molecule has 0 aromatic heterocycles. The van der Waals surface area contributed by atoms with Gasteiger partial charge in [-0.05, 0) is 107 Å². The number of rotatable bonds is 17. The maximum atomic E-state index is 8.93. The van der Waals surface area contributed by atoms with Gasteiger partial charge in [0.15, 0.2) is 0 Å². The third-order valence-corrected chi connectivity index (χ3v) is 9.46. The van der Waals surface area contributed by atoms with Gasteiger partial charge < -0.3 is 19.5 Å². The van der Waals surface area contributed by atoms with Gasteiger partial charge in [-0.3, -0.25) is 0 Å². The van der Waals surface area contributed by atoms with Crippen LogP contribution in [-0.2, 0) is 0 Å². The first-order valence-corrected chi connectivity index (χ1v) is 20.0. The lowest BCUT2D eigenvalue weighted by molar-refractivity contribution is 0.201. The van der Waals surface area contributed by atoms with Crippen LogP contribution in [0.25, 0.3) is 22.3 Å². The number of aliphatic hydroxyl groups excluding tert-OH is 1. The molecule has 296 valence electrons. The summed E-state index contributed by atoms with van der Waals surface area (Å²) in [5.41, 5.74) is 12.3. The van der Waals surface area contributed by atoms with Crippen LogP contribution in [0.5, 0.6) is 11.5 Å². The molecule has 6 aromatic rings. The van der Waals surface area contributed by atoms with Crippen LogP contribution in [0.2, 0.25) is 0 Å².